The molecule has 21 heavy (non-hydrogen) atoms. The molecule has 0 heterocycles. The summed E-state index contributed by atoms with van der Waals surface area (Å²) in [4.78, 5) is 10.5. The molecule has 1 atom stereocenters. The number of rotatable bonds is 6. The van der Waals surface area contributed by atoms with Crippen molar-refractivity contribution in [2.75, 3.05) is 6.61 Å². The Balaban J connectivity index is 2.96. The predicted molar refractivity (Wildman–Crippen MR) is 80.4 cm³/mol. The van der Waals surface area contributed by atoms with Gasteiger partial charge in [0.2, 0.25) is 0 Å². The van der Waals surface area contributed by atoms with Gasteiger partial charge in [-0.1, -0.05) is 0 Å². The topological polar surface area (TPSA) is 88.2 Å². The number of ether oxygens (including phenoxy) is 1. The van der Waals surface area contributed by atoms with Crippen LogP contribution in [-0.4, -0.2) is 23.1 Å². The van der Waals surface area contributed by atoms with Gasteiger partial charge in [0.15, 0.2) is 0 Å². The minimum absolute atomic E-state index is 0.0195. The first-order chi connectivity index (χ1) is 9.68. The van der Waals surface area contributed by atoms with Crippen LogP contribution in [0.1, 0.15) is 31.9 Å². The van der Waals surface area contributed by atoms with Gasteiger partial charge in [-0.05, 0) is 46.2 Å². The lowest BCUT2D eigenvalue weighted by Gasteiger charge is -2.26. The number of nitro benzene ring substituents is 1. The number of benzene rings is 1. The summed E-state index contributed by atoms with van der Waals surface area (Å²) in [5.41, 5.74) is 0.572. The number of hydrogen-bond acceptors (Lipinski definition) is 5. The van der Waals surface area contributed by atoms with Gasteiger partial charge in [-0.15, -0.1) is 0 Å². The molecule has 6 heteroatoms. The van der Waals surface area contributed by atoms with Gasteiger partial charge in [-0.3, -0.25) is 15.4 Å². The van der Waals surface area contributed by atoms with Crippen molar-refractivity contribution in [3.63, 3.8) is 0 Å². The van der Waals surface area contributed by atoms with Crippen LogP contribution in [0.25, 0.3) is 0 Å². The van der Waals surface area contributed by atoms with Crippen LogP contribution < -0.4 is 10.1 Å². The normalized spacial score (nSPS) is 13.6. The summed E-state index contributed by atoms with van der Waals surface area (Å²) in [5.74, 6) is 0.430. The summed E-state index contributed by atoms with van der Waals surface area (Å²) in [6.07, 6.45) is 0. The fraction of sp³-hybridized carbons (Fsp3) is 0.533. The largest absolute Gasteiger partial charge is 0.490 e. The van der Waals surface area contributed by atoms with Crippen molar-refractivity contribution in [2.24, 2.45) is 0 Å². The quantitative estimate of drug-likeness (QED) is 0.643. The maximum Gasteiger partial charge on any atom is 0.276 e. The van der Waals surface area contributed by atoms with E-state index in [1.807, 2.05) is 20.8 Å². The fourth-order valence-electron chi connectivity index (χ4n) is 2.14. The molecule has 0 aliphatic heterocycles. The van der Waals surface area contributed by atoms with E-state index < -0.39 is 10.5 Å². The Morgan fingerprint density at radius 2 is 2.05 bits per heavy atom. The predicted octanol–water partition coefficient (Wildman–Crippen LogP) is 2.87. The number of aryl methyl sites for hydroxylation is 2. The average molecular weight is 291 g/mol. The minimum atomic E-state index is -0.847. The lowest BCUT2D eigenvalue weighted by molar-refractivity contribution is -0.385. The molecule has 1 aromatic rings. The zero-order chi connectivity index (χ0) is 16.2. The monoisotopic (exact) mass is 291 g/mol. The summed E-state index contributed by atoms with van der Waals surface area (Å²) in [5, 5.41) is 23.4. The van der Waals surface area contributed by atoms with Crippen LogP contribution in [0.4, 0.5) is 5.69 Å². The second kappa shape index (κ2) is 6.55. The molecule has 0 saturated heterocycles. The van der Waals surface area contributed by atoms with Crippen molar-refractivity contribution in [1.82, 2.24) is 5.32 Å². The molecule has 0 fully saturated rings. The molecular formula is C15H21N3O3. The zero-order valence-electron chi connectivity index (χ0n) is 13.1. The maximum atomic E-state index is 11.0. The Bertz CT molecular complexity index is 578. The molecule has 1 aromatic carbocycles. The van der Waals surface area contributed by atoms with E-state index in [0.717, 1.165) is 5.56 Å². The first-order valence-corrected chi connectivity index (χ1v) is 6.76. The van der Waals surface area contributed by atoms with Crippen molar-refractivity contribution in [3.05, 3.63) is 33.4 Å². The van der Waals surface area contributed by atoms with Gasteiger partial charge < -0.3 is 4.74 Å². The molecule has 1 rings (SSSR count). The second-order valence-electron chi connectivity index (χ2n) is 5.69. The van der Waals surface area contributed by atoms with E-state index in [0.29, 0.717) is 11.3 Å². The van der Waals surface area contributed by atoms with Gasteiger partial charge in [0.05, 0.1) is 17.1 Å². The van der Waals surface area contributed by atoms with Crippen molar-refractivity contribution < 1.29 is 9.66 Å². The highest BCUT2D eigenvalue weighted by atomic mass is 16.6. The molecule has 0 aromatic heterocycles. The molecule has 114 valence electrons. The highest BCUT2D eigenvalue weighted by Gasteiger charge is 2.26. The van der Waals surface area contributed by atoms with E-state index in [2.05, 4.69) is 11.4 Å². The van der Waals surface area contributed by atoms with Crippen LogP contribution in [-0.2, 0) is 0 Å². The van der Waals surface area contributed by atoms with Crippen molar-refractivity contribution in [1.29, 1.82) is 5.26 Å². The van der Waals surface area contributed by atoms with E-state index in [1.165, 1.54) is 6.07 Å². The van der Waals surface area contributed by atoms with Crippen LogP contribution in [0, 0.1) is 35.3 Å². The molecule has 0 bridgehead atoms. The zero-order valence-corrected chi connectivity index (χ0v) is 13.1. The van der Waals surface area contributed by atoms with Crippen molar-refractivity contribution in [2.45, 2.75) is 46.2 Å². The van der Waals surface area contributed by atoms with Gasteiger partial charge in [-0.25, -0.2) is 0 Å². The van der Waals surface area contributed by atoms with Crippen molar-refractivity contribution in [3.8, 4) is 11.8 Å². The Labute approximate surface area is 124 Å². The molecule has 0 aliphatic carbocycles. The number of hydrogen-bond donors (Lipinski definition) is 1. The third-order valence-corrected chi connectivity index (χ3v) is 3.06. The van der Waals surface area contributed by atoms with E-state index in [4.69, 9.17) is 4.74 Å². The van der Waals surface area contributed by atoms with Crippen molar-refractivity contribution >= 4 is 5.69 Å². The van der Waals surface area contributed by atoms with E-state index in [1.54, 1.807) is 19.9 Å². The molecule has 6 nitrogen and oxygen atoms in total. The van der Waals surface area contributed by atoms with Gasteiger partial charge in [0.25, 0.3) is 5.69 Å². The lowest BCUT2D eigenvalue weighted by atomic mass is 10.0. The van der Waals surface area contributed by atoms with Crippen LogP contribution in [0.5, 0.6) is 5.75 Å². The van der Waals surface area contributed by atoms with Crippen LogP contribution in [0.3, 0.4) is 0 Å². The summed E-state index contributed by atoms with van der Waals surface area (Å²) in [6, 6.07) is 5.44. The first-order valence-electron chi connectivity index (χ1n) is 6.76. The Kier molecular flexibility index (Phi) is 5.28. The molecule has 0 spiro atoms. The van der Waals surface area contributed by atoms with Gasteiger partial charge in [0.1, 0.15) is 17.9 Å². The average Bonchev–Trinajstić information content (AvgIpc) is 2.36. The van der Waals surface area contributed by atoms with Gasteiger partial charge in [-0.2, -0.15) is 5.26 Å². The van der Waals surface area contributed by atoms with E-state index in [9.17, 15) is 15.4 Å². The number of nitrogens with zero attached hydrogens (tertiary/aromatic N) is 2. The molecule has 0 amide bonds. The third-order valence-electron chi connectivity index (χ3n) is 3.06. The third kappa shape index (κ3) is 4.43. The van der Waals surface area contributed by atoms with E-state index >= 15 is 0 Å². The second-order valence-corrected chi connectivity index (χ2v) is 5.69. The summed E-state index contributed by atoms with van der Waals surface area (Å²) in [6.45, 7) is 9.25. The minimum Gasteiger partial charge on any atom is -0.490 e. The summed E-state index contributed by atoms with van der Waals surface area (Å²) < 4.78 is 5.65. The Hall–Kier alpha value is -2.13. The first kappa shape index (κ1) is 16.9. The molecule has 1 N–H and O–H groups in total. The smallest absolute Gasteiger partial charge is 0.276 e. The van der Waals surface area contributed by atoms with Crippen LogP contribution in [0.15, 0.2) is 12.1 Å². The lowest BCUT2D eigenvalue weighted by Crippen LogP contribution is -2.49. The Morgan fingerprint density at radius 1 is 1.43 bits per heavy atom. The molecule has 0 saturated carbocycles. The van der Waals surface area contributed by atoms with Crippen LogP contribution >= 0.6 is 0 Å². The highest BCUT2D eigenvalue weighted by Crippen LogP contribution is 2.28. The standard InChI is InChI=1S/C15H21N3O3/c1-10(2)17-15(5,8-16)9-21-14-7-13(18(19)20)11(3)6-12(14)4/h6-7,10,17H,9H2,1-5H3. The number of nitro groups is 1. The molecule has 0 aliphatic rings. The summed E-state index contributed by atoms with van der Waals surface area (Å²) >= 11 is 0. The molecule has 0 radical (unpaired) electrons. The SMILES string of the molecule is Cc1cc(C)c([N+](=O)[O-])cc1OCC(C)(C#N)NC(C)C. The Morgan fingerprint density at radius 3 is 2.52 bits per heavy atom. The molecule has 1 unspecified atom stereocenters. The number of nitrogens with one attached hydrogen (secondary N) is 1. The van der Waals surface area contributed by atoms with Gasteiger partial charge >= 0.3 is 0 Å². The van der Waals surface area contributed by atoms with Crippen LogP contribution in [0.2, 0.25) is 0 Å². The maximum absolute atomic E-state index is 11.0. The molecular weight excluding hydrogens is 270 g/mol. The fourth-order valence-corrected chi connectivity index (χ4v) is 2.14. The number of nitriles is 1. The highest BCUT2D eigenvalue weighted by molar-refractivity contribution is 5.49. The van der Waals surface area contributed by atoms with E-state index in [-0.39, 0.29) is 18.3 Å². The van der Waals surface area contributed by atoms with Gasteiger partial charge in [0, 0.05) is 11.6 Å². The summed E-state index contributed by atoms with van der Waals surface area (Å²) in [7, 11) is 0.